The molecule has 1 aromatic heterocycles. The third kappa shape index (κ3) is 1.67. The van der Waals surface area contributed by atoms with Gasteiger partial charge in [0.1, 0.15) is 0 Å². The van der Waals surface area contributed by atoms with Crippen molar-refractivity contribution in [3.05, 3.63) is 72.1 Å². The van der Waals surface area contributed by atoms with Crippen LogP contribution in [-0.4, -0.2) is 0 Å². The summed E-state index contributed by atoms with van der Waals surface area (Å²) in [4.78, 5) is 0. The fourth-order valence-corrected chi connectivity index (χ4v) is 3.43. The van der Waals surface area contributed by atoms with Gasteiger partial charge in [-0.25, -0.2) is 0 Å². The molecular weight excluding hydrogens is 260 g/mol. The molecule has 0 saturated heterocycles. The first-order chi connectivity index (χ1) is 13.6. The molecule has 0 aliphatic rings. The molecule has 20 heavy (non-hydrogen) atoms. The highest BCUT2D eigenvalue weighted by atomic mass is 32.1. The maximum absolute atomic E-state index is 8.43. The summed E-state index contributed by atoms with van der Waals surface area (Å²) in [6.45, 7) is 1.63. The topological polar surface area (TPSA) is 0 Å². The molecule has 0 aliphatic heterocycles. The summed E-state index contributed by atoms with van der Waals surface area (Å²) in [5.74, 6) is 0. The van der Waals surface area contributed by atoms with Gasteiger partial charge in [-0.15, -0.1) is 11.3 Å². The van der Waals surface area contributed by atoms with E-state index < -0.39 is 0 Å². The molecule has 0 fully saturated rings. The molecule has 0 unspecified atom stereocenters. The second-order valence-electron chi connectivity index (χ2n) is 4.38. The SMILES string of the molecule is [2H]c1cc([2H])c(-c2c([2H])c([2H])c([2H])c3c2sc2c([2H])c([2H])c([2H])c(C)c23)c([2H])c1. The van der Waals surface area contributed by atoms with Crippen molar-refractivity contribution in [1.29, 1.82) is 0 Å². The Bertz CT molecular complexity index is 1330. The van der Waals surface area contributed by atoms with E-state index in [0.29, 0.717) is 25.7 Å². The molecule has 3 aromatic carbocycles. The van der Waals surface area contributed by atoms with Crippen LogP contribution in [-0.2, 0) is 0 Å². The normalized spacial score (nSPS) is 17.6. The number of rotatable bonds is 1. The van der Waals surface area contributed by atoms with Crippen molar-refractivity contribution >= 4 is 31.5 Å². The quantitative estimate of drug-likeness (QED) is 0.400. The van der Waals surface area contributed by atoms with Crippen LogP contribution in [0.15, 0.2) is 66.5 Å². The Kier molecular flexibility index (Phi) is 1.27. The van der Waals surface area contributed by atoms with Gasteiger partial charge in [-0.2, -0.15) is 0 Å². The number of hydrogen-bond acceptors (Lipinski definition) is 1. The van der Waals surface area contributed by atoms with Crippen molar-refractivity contribution in [2.24, 2.45) is 0 Å². The molecule has 0 N–H and O–H groups in total. The van der Waals surface area contributed by atoms with Gasteiger partial charge in [-0.05, 0) is 29.7 Å². The van der Waals surface area contributed by atoms with Crippen LogP contribution in [0.25, 0.3) is 31.3 Å². The zero-order chi connectivity index (χ0) is 21.4. The average Bonchev–Trinajstić information content (AvgIpc) is 3.05. The summed E-state index contributed by atoms with van der Waals surface area (Å²) in [6.07, 6.45) is 0. The molecule has 4 rings (SSSR count). The minimum Gasteiger partial charge on any atom is -0.135 e. The molecule has 1 heterocycles. The lowest BCUT2D eigenvalue weighted by molar-refractivity contribution is 1.55. The van der Waals surface area contributed by atoms with Gasteiger partial charge in [-0.3, -0.25) is 0 Å². The van der Waals surface area contributed by atoms with E-state index in [1.54, 1.807) is 6.92 Å². The summed E-state index contributed by atoms with van der Waals surface area (Å²) < 4.78 is 74.5. The standard InChI is InChI=1S/C19H14S/c1-13-7-5-12-17-18(13)16-11-6-10-15(19(16)20-17)14-8-3-2-4-9-14/h2-12H,1H3/i2D,5D,6D,7D,8D,9D,10D,11D,12D. The third-order valence-electron chi connectivity index (χ3n) is 3.16. The highest BCUT2D eigenvalue weighted by Gasteiger charge is 2.10. The monoisotopic (exact) mass is 283 g/mol. The predicted octanol–water partition coefficient (Wildman–Crippen LogP) is 6.03. The summed E-state index contributed by atoms with van der Waals surface area (Å²) in [5.41, 5.74) is 0.661. The molecule has 0 bridgehead atoms. The van der Waals surface area contributed by atoms with Crippen LogP contribution >= 0.6 is 11.3 Å². The second-order valence-corrected chi connectivity index (χ2v) is 5.40. The van der Waals surface area contributed by atoms with Crippen molar-refractivity contribution in [3.63, 3.8) is 0 Å². The van der Waals surface area contributed by atoms with Crippen molar-refractivity contribution in [1.82, 2.24) is 0 Å². The van der Waals surface area contributed by atoms with Gasteiger partial charge in [0.15, 0.2) is 0 Å². The second kappa shape index (κ2) is 4.46. The van der Waals surface area contributed by atoms with Crippen molar-refractivity contribution in [2.45, 2.75) is 6.92 Å². The Morgan fingerprint density at radius 3 is 2.55 bits per heavy atom. The summed E-state index contributed by atoms with van der Waals surface area (Å²) in [6, 6.07) is 0.877. The number of benzene rings is 3. The zero-order valence-electron chi connectivity index (χ0n) is 19.6. The van der Waals surface area contributed by atoms with Gasteiger partial charge in [0.05, 0.1) is 12.3 Å². The number of aryl methyl sites for hydroxylation is 1. The Hall–Kier alpha value is -2.12. The van der Waals surface area contributed by atoms with E-state index in [1.165, 1.54) is 12.1 Å². The average molecular weight is 283 g/mol. The van der Waals surface area contributed by atoms with Gasteiger partial charge in [0.2, 0.25) is 0 Å². The van der Waals surface area contributed by atoms with Crippen LogP contribution in [0.1, 0.15) is 17.9 Å². The Morgan fingerprint density at radius 1 is 0.900 bits per heavy atom. The molecule has 4 aromatic rings. The van der Waals surface area contributed by atoms with Crippen LogP contribution < -0.4 is 0 Å². The Labute approximate surface area is 135 Å². The van der Waals surface area contributed by atoms with E-state index >= 15 is 0 Å². The maximum atomic E-state index is 8.43. The van der Waals surface area contributed by atoms with Crippen LogP contribution in [0.2, 0.25) is 0 Å². The summed E-state index contributed by atoms with van der Waals surface area (Å²) in [7, 11) is 0. The summed E-state index contributed by atoms with van der Waals surface area (Å²) >= 11 is 1.08. The first-order valence-corrected chi connectivity index (χ1v) is 6.88. The first-order valence-electron chi connectivity index (χ1n) is 10.6. The van der Waals surface area contributed by atoms with Crippen molar-refractivity contribution < 1.29 is 12.3 Å². The van der Waals surface area contributed by atoms with Gasteiger partial charge < -0.3 is 0 Å². The minimum atomic E-state index is -0.367. The molecule has 0 spiro atoms. The zero-order valence-corrected chi connectivity index (χ0v) is 11.4. The van der Waals surface area contributed by atoms with Crippen LogP contribution in [0.4, 0.5) is 0 Å². The maximum Gasteiger partial charge on any atom is 0.0638 e. The number of thiophene rings is 1. The lowest BCUT2D eigenvalue weighted by atomic mass is 10.0. The van der Waals surface area contributed by atoms with E-state index in [-0.39, 0.29) is 65.5 Å². The lowest BCUT2D eigenvalue weighted by Crippen LogP contribution is -1.77. The molecule has 0 radical (unpaired) electrons. The van der Waals surface area contributed by atoms with Gasteiger partial charge in [0, 0.05) is 20.2 Å². The molecule has 0 atom stereocenters. The van der Waals surface area contributed by atoms with Crippen LogP contribution in [0.3, 0.4) is 0 Å². The van der Waals surface area contributed by atoms with E-state index in [1.807, 2.05) is 0 Å². The van der Waals surface area contributed by atoms with Crippen LogP contribution in [0, 0.1) is 6.92 Å². The minimum absolute atomic E-state index is 0.00643. The van der Waals surface area contributed by atoms with Gasteiger partial charge >= 0.3 is 0 Å². The van der Waals surface area contributed by atoms with E-state index in [9.17, 15) is 0 Å². The highest BCUT2D eigenvalue weighted by Crippen LogP contribution is 2.40. The molecule has 96 valence electrons. The predicted molar refractivity (Wildman–Crippen MR) is 89.5 cm³/mol. The molecule has 0 saturated carbocycles. The number of fused-ring (bicyclic) bond motifs is 3. The van der Waals surface area contributed by atoms with Gasteiger partial charge in [-0.1, -0.05) is 60.5 Å². The Balaban J connectivity index is 2.33. The fourth-order valence-electron chi connectivity index (χ4n) is 2.26. The highest BCUT2D eigenvalue weighted by molar-refractivity contribution is 7.26. The first kappa shape index (κ1) is 5.71. The smallest absolute Gasteiger partial charge is 0.0638 e. The summed E-state index contributed by atoms with van der Waals surface area (Å²) in [5, 5.41) is 0.736. The number of hydrogen-bond donors (Lipinski definition) is 0. The molecular formula is C19H14S. The lowest BCUT2D eigenvalue weighted by Gasteiger charge is -2.03. The van der Waals surface area contributed by atoms with E-state index in [2.05, 4.69) is 0 Å². The van der Waals surface area contributed by atoms with Crippen molar-refractivity contribution in [2.75, 3.05) is 0 Å². The third-order valence-corrected chi connectivity index (χ3v) is 4.28. The molecule has 0 amide bonds. The molecule has 0 aliphatic carbocycles. The Morgan fingerprint density at radius 2 is 1.70 bits per heavy atom. The fraction of sp³-hybridized carbons (Fsp3) is 0.0526. The van der Waals surface area contributed by atoms with E-state index in [0.717, 1.165) is 11.3 Å². The van der Waals surface area contributed by atoms with Gasteiger partial charge in [0.25, 0.3) is 0 Å². The molecule has 1 heteroatoms. The van der Waals surface area contributed by atoms with Crippen LogP contribution in [0.5, 0.6) is 0 Å². The van der Waals surface area contributed by atoms with E-state index in [4.69, 9.17) is 12.3 Å². The van der Waals surface area contributed by atoms with Crippen molar-refractivity contribution in [3.8, 4) is 11.1 Å². The molecule has 0 nitrogen and oxygen atoms in total. The largest absolute Gasteiger partial charge is 0.135 e.